The van der Waals surface area contributed by atoms with Gasteiger partial charge in [0.25, 0.3) is 0 Å². The molecule has 0 aliphatic rings. The average molecular weight is 591 g/mol. The van der Waals surface area contributed by atoms with Crippen molar-refractivity contribution in [1.82, 2.24) is 0 Å². The molecule has 0 N–H and O–H groups in total. The Hall–Kier alpha value is -4.01. The summed E-state index contributed by atoms with van der Waals surface area (Å²) in [6.45, 7) is 18.0. The fraction of sp³-hybridized carbons (Fsp3) is 0.294. The zero-order valence-corrected chi connectivity index (χ0v) is 27.5. The highest BCUT2D eigenvalue weighted by Crippen LogP contribution is 2.26. The third kappa shape index (κ3) is 13.6. The molecular weight excluding hydrogens is 544 g/mol. The van der Waals surface area contributed by atoms with E-state index in [1.54, 1.807) is 43.4 Å². The Morgan fingerprint density at radius 3 is 1.31 bits per heavy atom. The Balaban J connectivity index is 0.00000194. The summed E-state index contributed by atoms with van der Waals surface area (Å²) in [6, 6.07) is 29.7. The molecular formula is C34H46N4O3S. The van der Waals surface area contributed by atoms with Gasteiger partial charge in [-0.25, -0.2) is 4.21 Å². The lowest BCUT2D eigenvalue weighted by atomic mass is 10.1. The summed E-state index contributed by atoms with van der Waals surface area (Å²) in [5.74, 6) is 0.412. The van der Waals surface area contributed by atoms with E-state index in [-0.39, 0.29) is 0 Å². The van der Waals surface area contributed by atoms with Crippen molar-refractivity contribution in [2.24, 2.45) is 20.5 Å². The Morgan fingerprint density at radius 1 is 0.524 bits per heavy atom. The summed E-state index contributed by atoms with van der Waals surface area (Å²) >= 11 is -1.72. The van der Waals surface area contributed by atoms with Gasteiger partial charge in [-0.1, -0.05) is 102 Å². The van der Waals surface area contributed by atoms with Gasteiger partial charge < -0.3 is 4.89 Å². The van der Waals surface area contributed by atoms with Crippen molar-refractivity contribution in [3.63, 3.8) is 0 Å². The molecule has 226 valence electrons. The highest BCUT2D eigenvalue weighted by Gasteiger charge is 2.07. The minimum Gasteiger partial charge on any atom is -0.323 e. The maximum Gasteiger partial charge on any atom is 0.232 e. The van der Waals surface area contributed by atoms with Crippen LogP contribution in [0.4, 0.5) is 17.1 Å². The Bertz CT molecular complexity index is 1310. The molecule has 0 spiro atoms. The van der Waals surface area contributed by atoms with E-state index in [4.69, 9.17) is 9.22 Å². The fourth-order valence-corrected chi connectivity index (χ4v) is 3.58. The predicted molar refractivity (Wildman–Crippen MR) is 178 cm³/mol. The van der Waals surface area contributed by atoms with Crippen molar-refractivity contribution in [3.8, 4) is 16.9 Å². The van der Waals surface area contributed by atoms with E-state index in [2.05, 4.69) is 20.5 Å². The molecule has 0 bridgehead atoms. The van der Waals surface area contributed by atoms with E-state index in [1.807, 2.05) is 123 Å². The molecule has 0 aliphatic carbocycles. The number of benzene rings is 4. The topological polar surface area (TPSA) is 85.0 Å². The van der Waals surface area contributed by atoms with Gasteiger partial charge in [0.1, 0.15) is 0 Å². The molecule has 42 heavy (non-hydrogen) atoms. The highest BCUT2D eigenvalue weighted by molar-refractivity contribution is 7.80. The summed E-state index contributed by atoms with van der Waals surface area (Å²) in [5, 5.41) is 16.3. The van der Waals surface area contributed by atoms with Crippen LogP contribution in [0.5, 0.6) is 5.75 Å². The molecule has 8 heteroatoms. The van der Waals surface area contributed by atoms with Crippen molar-refractivity contribution in [1.29, 1.82) is 0 Å². The minimum atomic E-state index is -1.72. The van der Waals surface area contributed by atoms with Gasteiger partial charge in [-0.05, 0) is 78.7 Å². The van der Waals surface area contributed by atoms with Gasteiger partial charge in [0.05, 0.1) is 22.0 Å². The van der Waals surface area contributed by atoms with Gasteiger partial charge in [-0.2, -0.15) is 20.5 Å². The van der Waals surface area contributed by atoms with E-state index >= 15 is 0 Å². The van der Waals surface area contributed by atoms with Gasteiger partial charge in [-0.3, -0.25) is 0 Å². The zero-order chi connectivity index (χ0) is 31.8. The van der Waals surface area contributed by atoms with E-state index in [0.29, 0.717) is 16.3 Å². The first kappa shape index (κ1) is 38.0. The molecule has 0 aliphatic heterocycles. The quantitative estimate of drug-likeness (QED) is 0.116. The predicted octanol–water partition coefficient (Wildman–Crippen LogP) is 11.9. The molecule has 0 radical (unpaired) electrons. The Morgan fingerprint density at radius 2 is 0.905 bits per heavy atom. The van der Waals surface area contributed by atoms with E-state index in [1.165, 1.54) is 0 Å². The van der Waals surface area contributed by atoms with Gasteiger partial charge >= 0.3 is 0 Å². The van der Waals surface area contributed by atoms with Crippen LogP contribution in [-0.4, -0.2) is 11.3 Å². The number of rotatable bonds is 8. The molecule has 4 rings (SSSR count). The Kier molecular flexibility index (Phi) is 21.4. The third-order valence-corrected chi connectivity index (χ3v) is 5.66. The molecule has 0 saturated carbocycles. The van der Waals surface area contributed by atoms with Crippen molar-refractivity contribution >= 4 is 28.1 Å². The summed E-state index contributed by atoms with van der Waals surface area (Å²) in [7, 11) is 1.65. The van der Waals surface area contributed by atoms with E-state index in [0.717, 1.165) is 28.1 Å². The van der Waals surface area contributed by atoms with Gasteiger partial charge in [0.2, 0.25) is 11.1 Å². The molecule has 0 saturated heterocycles. The maximum atomic E-state index is 12.1. The zero-order valence-electron chi connectivity index (χ0n) is 26.7. The molecule has 4 aromatic carbocycles. The fourth-order valence-electron chi connectivity index (χ4n) is 3.00. The number of aryl methyl sites for hydroxylation is 1. The smallest absolute Gasteiger partial charge is 0.232 e. The number of hydrogen-bond donors (Lipinski definition) is 0. The summed E-state index contributed by atoms with van der Waals surface area (Å²) in [4.78, 5) is 5.69. The summed E-state index contributed by atoms with van der Waals surface area (Å²) in [5.41, 5.74) is 5.43. The number of azo groups is 2. The minimum absolute atomic E-state index is 0.412. The lowest BCUT2D eigenvalue weighted by Crippen LogP contribution is -2.02. The monoisotopic (exact) mass is 590 g/mol. The van der Waals surface area contributed by atoms with Crippen molar-refractivity contribution in [2.75, 3.05) is 7.05 Å². The number of hydrogen-bond acceptors (Lipinski definition) is 7. The average Bonchev–Trinajstić information content (AvgIpc) is 3.08. The lowest BCUT2D eigenvalue weighted by Gasteiger charge is -2.04. The van der Waals surface area contributed by atoms with Crippen LogP contribution < -0.4 is 4.89 Å². The van der Waals surface area contributed by atoms with E-state index < -0.39 is 11.1 Å². The van der Waals surface area contributed by atoms with Crippen LogP contribution in [0.15, 0.2) is 122 Å². The second-order valence-corrected chi connectivity index (χ2v) is 8.36. The van der Waals surface area contributed by atoms with Crippen LogP contribution in [0.3, 0.4) is 0 Å². The van der Waals surface area contributed by atoms with Crippen LogP contribution in [0.2, 0.25) is 0 Å². The van der Waals surface area contributed by atoms with Gasteiger partial charge in [-0.15, -0.1) is 0 Å². The van der Waals surface area contributed by atoms with Crippen LogP contribution in [0.1, 0.15) is 61.0 Å². The molecule has 0 fully saturated rings. The molecule has 0 aromatic heterocycles. The lowest BCUT2D eigenvalue weighted by molar-refractivity contribution is -0.0856. The van der Waals surface area contributed by atoms with Crippen LogP contribution in [0, 0.1) is 6.92 Å². The molecule has 7 nitrogen and oxygen atoms in total. The van der Waals surface area contributed by atoms with Crippen molar-refractivity contribution in [2.45, 2.75) is 67.2 Å². The van der Waals surface area contributed by atoms with Gasteiger partial charge in [0.15, 0.2) is 5.75 Å². The van der Waals surface area contributed by atoms with Crippen LogP contribution in [0.25, 0.3) is 11.1 Å². The van der Waals surface area contributed by atoms with Crippen molar-refractivity contribution < 1.29 is 13.4 Å². The molecule has 0 amide bonds. The maximum absolute atomic E-state index is 12.1. The second kappa shape index (κ2) is 23.7. The van der Waals surface area contributed by atoms with Crippen LogP contribution in [-0.2, 0) is 15.4 Å². The first-order valence-corrected chi connectivity index (χ1v) is 15.5. The van der Waals surface area contributed by atoms with E-state index in [9.17, 15) is 4.21 Å². The largest absolute Gasteiger partial charge is 0.323 e. The summed E-state index contributed by atoms with van der Waals surface area (Å²) < 4.78 is 17.1. The Labute approximate surface area is 255 Å². The molecule has 0 heterocycles. The molecule has 1 unspecified atom stereocenters. The second-order valence-electron chi connectivity index (χ2n) is 7.29. The number of nitrogens with zero attached hydrogens (tertiary/aromatic N) is 4. The summed E-state index contributed by atoms with van der Waals surface area (Å²) in [6.07, 6.45) is 0. The standard InChI is InChI=1S/C26H22N4O3S.4C2H6/c1-19-3-17-26(18-4-19)34(31)33-32-25-15-13-24(14-16-25)30-29-23-11-7-21(8-12-23)20-5-9-22(10-6-20)28-27-2;4*1-2/h3-18H,1-2H3;4*1-2H3. The van der Waals surface area contributed by atoms with Crippen molar-refractivity contribution in [3.05, 3.63) is 103 Å². The SMILES string of the molecule is CC.CC.CC.CC.CN=Nc1ccc(-c2ccc(N=Nc3ccc(OOS(=O)c4ccc(C)cc4)cc3)cc2)cc1. The normalized spacial score (nSPS) is 10.5. The third-order valence-electron chi connectivity index (χ3n) is 4.81. The van der Waals surface area contributed by atoms with Crippen LogP contribution >= 0.6 is 0 Å². The first-order valence-electron chi connectivity index (χ1n) is 14.5. The molecule has 4 aromatic rings. The first-order chi connectivity index (χ1) is 20.6. The highest BCUT2D eigenvalue weighted by atomic mass is 32.2. The van der Waals surface area contributed by atoms with Gasteiger partial charge in [0, 0.05) is 7.05 Å². The molecule has 1 atom stereocenters.